The molecule has 0 spiro atoms. The quantitative estimate of drug-likeness (QED) is 0.314. The van der Waals surface area contributed by atoms with E-state index in [1.54, 1.807) is 24.3 Å². The second-order valence-electron chi connectivity index (χ2n) is 9.57. The Hall–Kier alpha value is -3.70. The molecule has 3 aromatic rings. The molecule has 0 atom stereocenters. The number of ether oxygens (including phenoxy) is 1. The van der Waals surface area contributed by atoms with Gasteiger partial charge >= 0.3 is 6.18 Å². The van der Waals surface area contributed by atoms with E-state index in [0.29, 0.717) is 37.5 Å². The Labute approximate surface area is 229 Å². The number of rotatable bonds is 11. The maximum atomic E-state index is 13.6. The Balaban J connectivity index is 1.53. The number of morpholine rings is 1. The molecule has 40 heavy (non-hydrogen) atoms. The van der Waals surface area contributed by atoms with Gasteiger partial charge in [0.1, 0.15) is 18.1 Å². The summed E-state index contributed by atoms with van der Waals surface area (Å²) in [6, 6.07) is 13.3. The summed E-state index contributed by atoms with van der Waals surface area (Å²) >= 11 is 0. The van der Waals surface area contributed by atoms with E-state index in [1.807, 2.05) is 0 Å². The van der Waals surface area contributed by atoms with Crippen molar-refractivity contribution in [2.45, 2.75) is 25.7 Å². The highest BCUT2D eigenvalue weighted by Crippen LogP contribution is 2.30. The van der Waals surface area contributed by atoms with Crippen LogP contribution in [0.4, 0.5) is 17.6 Å². The lowest BCUT2D eigenvalue weighted by molar-refractivity contribution is -0.137. The first-order valence-corrected chi connectivity index (χ1v) is 13.0. The van der Waals surface area contributed by atoms with E-state index in [0.717, 1.165) is 25.2 Å². The molecule has 2 aromatic carbocycles. The van der Waals surface area contributed by atoms with E-state index >= 15 is 0 Å². The van der Waals surface area contributed by atoms with Crippen LogP contribution in [-0.2, 0) is 28.8 Å². The van der Waals surface area contributed by atoms with Crippen LogP contribution in [0.25, 0.3) is 0 Å². The van der Waals surface area contributed by atoms with Crippen molar-refractivity contribution in [1.29, 1.82) is 0 Å². The lowest BCUT2D eigenvalue weighted by Crippen LogP contribution is -2.44. The summed E-state index contributed by atoms with van der Waals surface area (Å²) in [6.45, 7) is 3.40. The number of hydrogen-bond donors (Lipinski definition) is 0. The minimum Gasteiger partial charge on any atom is -0.467 e. The predicted octanol–water partition coefficient (Wildman–Crippen LogP) is 4.83. The molecule has 0 N–H and O–H groups in total. The van der Waals surface area contributed by atoms with Crippen molar-refractivity contribution in [2.75, 3.05) is 45.9 Å². The fraction of sp³-hybridized carbons (Fsp3) is 0.379. The number of nitrogens with zero attached hydrogens (tertiary/aromatic N) is 3. The summed E-state index contributed by atoms with van der Waals surface area (Å²) in [7, 11) is 0. The van der Waals surface area contributed by atoms with E-state index in [9.17, 15) is 27.2 Å². The Morgan fingerprint density at radius 2 is 1.68 bits per heavy atom. The van der Waals surface area contributed by atoms with Crippen LogP contribution in [0.2, 0.25) is 0 Å². The lowest BCUT2D eigenvalue weighted by atomic mass is 10.1. The van der Waals surface area contributed by atoms with Gasteiger partial charge in [0, 0.05) is 38.3 Å². The molecular formula is C29H31F4N3O4. The van der Waals surface area contributed by atoms with Crippen molar-refractivity contribution in [1.82, 2.24) is 14.7 Å². The number of carbonyl (C=O) groups excluding carboxylic acids is 2. The second kappa shape index (κ2) is 13.6. The highest BCUT2D eigenvalue weighted by atomic mass is 19.4. The first-order chi connectivity index (χ1) is 19.2. The highest BCUT2D eigenvalue weighted by molar-refractivity contribution is 5.96. The van der Waals surface area contributed by atoms with Crippen LogP contribution in [-0.4, -0.2) is 72.5 Å². The number of amides is 2. The topological polar surface area (TPSA) is 66.2 Å². The van der Waals surface area contributed by atoms with E-state index in [4.69, 9.17) is 9.15 Å². The minimum absolute atomic E-state index is 0.0998. The molecule has 0 radical (unpaired) electrons. The van der Waals surface area contributed by atoms with Gasteiger partial charge in [0.25, 0.3) is 5.91 Å². The van der Waals surface area contributed by atoms with Gasteiger partial charge in [-0.25, -0.2) is 4.39 Å². The van der Waals surface area contributed by atoms with E-state index in [2.05, 4.69) is 4.90 Å². The Bertz CT molecular complexity index is 1240. The van der Waals surface area contributed by atoms with Crippen LogP contribution in [0.3, 0.4) is 0 Å². The van der Waals surface area contributed by atoms with Gasteiger partial charge < -0.3 is 19.0 Å². The number of halogens is 4. The first-order valence-electron chi connectivity index (χ1n) is 13.0. The third-order valence-electron chi connectivity index (χ3n) is 6.62. The summed E-state index contributed by atoms with van der Waals surface area (Å²) in [5.74, 6) is -0.988. The largest absolute Gasteiger partial charge is 0.467 e. The number of alkyl halides is 3. The maximum absolute atomic E-state index is 13.6. The van der Waals surface area contributed by atoms with Gasteiger partial charge in [-0.2, -0.15) is 13.2 Å². The fourth-order valence-electron chi connectivity index (χ4n) is 4.47. The van der Waals surface area contributed by atoms with Crippen molar-refractivity contribution >= 4 is 11.8 Å². The summed E-state index contributed by atoms with van der Waals surface area (Å²) in [5, 5.41) is 0. The molecule has 0 bridgehead atoms. The molecule has 7 nitrogen and oxygen atoms in total. The van der Waals surface area contributed by atoms with Gasteiger partial charge in [-0.1, -0.05) is 18.2 Å². The molecule has 1 aliphatic heterocycles. The molecule has 4 rings (SSSR count). The SMILES string of the molecule is O=C(CN(CCCN1CCOCC1)C(=O)c1cccc(C(F)(F)F)c1)N(Cc1ccc(F)cc1)Cc1ccco1. The average Bonchev–Trinajstić information content (AvgIpc) is 3.46. The molecule has 0 aliphatic carbocycles. The second-order valence-corrected chi connectivity index (χ2v) is 9.57. The minimum atomic E-state index is -4.61. The number of furan rings is 1. The third kappa shape index (κ3) is 8.40. The van der Waals surface area contributed by atoms with Gasteiger partial charge in [0.15, 0.2) is 0 Å². The smallest absolute Gasteiger partial charge is 0.416 e. The Morgan fingerprint density at radius 1 is 0.925 bits per heavy atom. The zero-order valence-electron chi connectivity index (χ0n) is 21.9. The van der Waals surface area contributed by atoms with E-state index < -0.39 is 29.4 Å². The van der Waals surface area contributed by atoms with Gasteiger partial charge in [0.05, 0.1) is 31.6 Å². The molecule has 1 aliphatic rings. The van der Waals surface area contributed by atoms with Gasteiger partial charge in [-0.05, 0) is 54.4 Å². The van der Waals surface area contributed by atoms with Crippen LogP contribution in [0.1, 0.15) is 33.7 Å². The third-order valence-corrected chi connectivity index (χ3v) is 6.62. The standard InChI is InChI=1S/C29H31F4N3O4/c30-25-9-7-22(8-10-25)19-36(20-26-6-2-15-40-26)27(37)21-35(12-3-11-34-13-16-39-17-14-34)28(38)23-4-1-5-24(18-23)29(31,32)33/h1-2,4-10,15,18H,3,11-14,16-17,19-21H2. The first kappa shape index (κ1) is 29.3. The number of carbonyl (C=O) groups is 2. The molecule has 1 fully saturated rings. The number of hydrogen-bond acceptors (Lipinski definition) is 5. The van der Waals surface area contributed by atoms with Crippen LogP contribution >= 0.6 is 0 Å². The maximum Gasteiger partial charge on any atom is 0.416 e. The van der Waals surface area contributed by atoms with Crippen molar-refractivity contribution in [3.63, 3.8) is 0 Å². The van der Waals surface area contributed by atoms with Crippen LogP contribution in [0, 0.1) is 5.82 Å². The Morgan fingerprint density at radius 3 is 2.35 bits per heavy atom. The van der Waals surface area contributed by atoms with E-state index in [1.165, 1.54) is 40.3 Å². The van der Waals surface area contributed by atoms with Crippen molar-refractivity contribution in [3.05, 3.63) is 95.2 Å². The van der Waals surface area contributed by atoms with Crippen molar-refractivity contribution < 1.29 is 36.3 Å². The van der Waals surface area contributed by atoms with Crippen LogP contribution in [0.5, 0.6) is 0 Å². The number of benzene rings is 2. The molecule has 11 heteroatoms. The summed E-state index contributed by atoms with van der Waals surface area (Å²) in [6.07, 6.45) is -2.61. The zero-order chi connectivity index (χ0) is 28.5. The predicted molar refractivity (Wildman–Crippen MR) is 139 cm³/mol. The van der Waals surface area contributed by atoms with Gasteiger partial charge in [0.2, 0.25) is 5.91 Å². The Kier molecular flexibility index (Phi) is 9.94. The summed E-state index contributed by atoms with van der Waals surface area (Å²) in [5.41, 5.74) is -0.414. The molecule has 0 unspecified atom stereocenters. The van der Waals surface area contributed by atoms with Crippen molar-refractivity contribution in [2.24, 2.45) is 0 Å². The molecule has 0 saturated carbocycles. The normalized spacial score (nSPS) is 14.2. The monoisotopic (exact) mass is 561 g/mol. The summed E-state index contributed by atoms with van der Waals surface area (Å²) in [4.78, 5) is 32.0. The average molecular weight is 562 g/mol. The van der Waals surface area contributed by atoms with Crippen LogP contribution in [0.15, 0.2) is 71.3 Å². The highest BCUT2D eigenvalue weighted by Gasteiger charge is 2.32. The lowest BCUT2D eigenvalue weighted by Gasteiger charge is -2.30. The molecular weight excluding hydrogens is 530 g/mol. The molecule has 2 heterocycles. The van der Waals surface area contributed by atoms with Gasteiger partial charge in [-0.3, -0.25) is 14.5 Å². The van der Waals surface area contributed by atoms with Crippen molar-refractivity contribution in [3.8, 4) is 0 Å². The van der Waals surface area contributed by atoms with Gasteiger partial charge in [-0.15, -0.1) is 0 Å². The fourth-order valence-corrected chi connectivity index (χ4v) is 4.47. The molecule has 2 amide bonds. The molecule has 214 valence electrons. The summed E-state index contributed by atoms with van der Waals surface area (Å²) < 4.78 is 64.2. The van der Waals surface area contributed by atoms with Crippen LogP contribution < -0.4 is 0 Å². The molecule has 1 saturated heterocycles. The van der Waals surface area contributed by atoms with E-state index in [-0.39, 0.29) is 31.7 Å². The molecule has 1 aromatic heterocycles. The zero-order valence-corrected chi connectivity index (χ0v) is 21.9.